The number of carbonyl (C=O) groups is 1. The molecule has 0 heterocycles. The molecule has 0 aliphatic rings. The Balaban J connectivity index is 1.85. The Morgan fingerprint density at radius 1 is 1.30 bits per heavy atom. The molecule has 2 N–H and O–H groups in total. The van der Waals surface area contributed by atoms with Crippen molar-refractivity contribution in [2.75, 3.05) is 6.61 Å². The van der Waals surface area contributed by atoms with Gasteiger partial charge in [-0.3, -0.25) is 4.79 Å². The fourth-order valence-electron chi connectivity index (χ4n) is 2.03. The van der Waals surface area contributed by atoms with Gasteiger partial charge in [0.05, 0.1) is 6.61 Å². The number of aliphatic hydroxyl groups excluding tert-OH is 1. The van der Waals surface area contributed by atoms with E-state index in [1.165, 1.54) is 12.1 Å². The van der Waals surface area contributed by atoms with Gasteiger partial charge < -0.3 is 15.2 Å². The lowest BCUT2D eigenvalue weighted by Crippen LogP contribution is -2.28. The third-order valence-corrected chi connectivity index (χ3v) is 3.50. The van der Waals surface area contributed by atoms with E-state index in [0.29, 0.717) is 16.3 Å². The average Bonchev–Trinajstić information content (AvgIpc) is 2.53. The normalized spacial score (nSPS) is 10.4. The zero-order valence-electron chi connectivity index (χ0n) is 12.6. The van der Waals surface area contributed by atoms with E-state index in [-0.39, 0.29) is 31.2 Å². The van der Waals surface area contributed by atoms with Crippen LogP contribution in [0.3, 0.4) is 0 Å². The minimum atomic E-state index is -0.468. The molecule has 0 bridgehead atoms. The number of aliphatic hydroxyl groups is 1. The molecule has 122 valence electrons. The summed E-state index contributed by atoms with van der Waals surface area (Å²) in [6, 6.07) is 9.48. The number of aryl methyl sites for hydroxylation is 1. The van der Waals surface area contributed by atoms with Crippen LogP contribution in [0.2, 0.25) is 5.02 Å². The second-order valence-electron chi connectivity index (χ2n) is 5.06. The molecular weight excluding hydrogens is 321 g/mol. The molecule has 0 spiro atoms. The van der Waals surface area contributed by atoms with Crippen LogP contribution in [-0.4, -0.2) is 17.6 Å². The first-order valence-corrected chi connectivity index (χ1v) is 7.41. The molecule has 2 rings (SSSR count). The smallest absolute Gasteiger partial charge is 0.258 e. The Morgan fingerprint density at radius 3 is 2.78 bits per heavy atom. The van der Waals surface area contributed by atoms with Crippen LogP contribution in [0, 0.1) is 12.7 Å². The largest absolute Gasteiger partial charge is 0.484 e. The maximum Gasteiger partial charge on any atom is 0.258 e. The number of nitrogens with one attached hydrogen (secondary N) is 1. The molecule has 0 aliphatic carbocycles. The number of carbonyl (C=O) groups excluding carboxylic acids is 1. The van der Waals surface area contributed by atoms with Crippen molar-refractivity contribution in [3.8, 4) is 5.75 Å². The SMILES string of the molecule is Cc1cc(Cl)ccc1OCC(=O)NCc1ccc(F)c(CO)c1. The first kappa shape index (κ1) is 17.2. The van der Waals surface area contributed by atoms with Crippen LogP contribution in [-0.2, 0) is 17.9 Å². The summed E-state index contributed by atoms with van der Waals surface area (Å²) in [7, 11) is 0. The zero-order valence-corrected chi connectivity index (χ0v) is 13.4. The van der Waals surface area contributed by atoms with E-state index in [0.717, 1.165) is 5.56 Å². The van der Waals surface area contributed by atoms with Crippen LogP contribution in [0.5, 0.6) is 5.75 Å². The van der Waals surface area contributed by atoms with Crippen LogP contribution in [0.15, 0.2) is 36.4 Å². The Kier molecular flexibility index (Phi) is 5.96. The van der Waals surface area contributed by atoms with E-state index in [9.17, 15) is 9.18 Å². The van der Waals surface area contributed by atoms with Gasteiger partial charge in [-0.15, -0.1) is 0 Å². The standard InChI is InChI=1S/C17H17ClFNO3/c1-11-6-14(18)3-5-16(11)23-10-17(22)20-8-12-2-4-15(19)13(7-12)9-21/h2-7,21H,8-10H2,1H3,(H,20,22). The zero-order chi connectivity index (χ0) is 16.8. The second kappa shape index (κ2) is 7.94. The van der Waals surface area contributed by atoms with Gasteiger partial charge in [-0.25, -0.2) is 4.39 Å². The lowest BCUT2D eigenvalue weighted by atomic mass is 10.1. The molecular formula is C17H17ClFNO3. The third-order valence-electron chi connectivity index (χ3n) is 3.27. The fraction of sp³-hybridized carbons (Fsp3) is 0.235. The summed E-state index contributed by atoms with van der Waals surface area (Å²) in [5.41, 5.74) is 1.74. The number of ether oxygens (including phenoxy) is 1. The Hall–Kier alpha value is -2.11. The van der Waals surface area contributed by atoms with Crippen molar-refractivity contribution in [2.24, 2.45) is 0 Å². The van der Waals surface area contributed by atoms with Crippen LogP contribution in [0.4, 0.5) is 4.39 Å². The summed E-state index contributed by atoms with van der Waals surface area (Å²) in [5.74, 6) is -0.174. The topological polar surface area (TPSA) is 58.6 Å². The van der Waals surface area contributed by atoms with Crippen molar-refractivity contribution in [3.63, 3.8) is 0 Å². The molecule has 0 aromatic heterocycles. The number of halogens is 2. The highest BCUT2D eigenvalue weighted by atomic mass is 35.5. The lowest BCUT2D eigenvalue weighted by molar-refractivity contribution is -0.123. The predicted molar refractivity (Wildman–Crippen MR) is 85.9 cm³/mol. The molecule has 0 atom stereocenters. The molecule has 0 radical (unpaired) electrons. The quantitative estimate of drug-likeness (QED) is 0.852. The fourth-order valence-corrected chi connectivity index (χ4v) is 2.26. The van der Waals surface area contributed by atoms with Gasteiger partial charge in [-0.1, -0.05) is 17.7 Å². The van der Waals surface area contributed by atoms with Gasteiger partial charge in [0, 0.05) is 17.1 Å². The van der Waals surface area contributed by atoms with E-state index in [2.05, 4.69) is 5.32 Å². The first-order valence-electron chi connectivity index (χ1n) is 7.03. The van der Waals surface area contributed by atoms with E-state index in [1.807, 2.05) is 6.92 Å². The summed E-state index contributed by atoms with van der Waals surface area (Å²) in [4.78, 5) is 11.8. The van der Waals surface area contributed by atoms with Crippen molar-refractivity contribution in [1.82, 2.24) is 5.32 Å². The number of amides is 1. The highest BCUT2D eigenvalue weighted by molar-refractivity contribution is 6.30. The number of hydrogen-bond donors (Lipinski definition) is 2. The van der Waals surface area contributed by atoms with Crippen molar-refractivity contribution >= 4 is 17.5 Å². The van der Waals surface area contributed by atoms with Crippen molar-refractivity contribution in [1.29, 1.82) is 0 Å². The average molecular weight is 338 g/mol. The van der Waals surface area contributed by atoms with E-state index in [4.69, 9.17) is 21.4 Å². The highest BCUT2D eigenvalue weighted by Crippen LogP contribution is 2.21. The van der Waals surface area contributed by atoms with Crippen LogP contribution in [0.1, 0.15) is 16.7 Å². The summed E-state index contributed by atoms with van der Waals surface area (Å²) >= 11 is 5.85. The summed E-state index contributed by atoms with van der Waals surface area (Å²) in [6.45, 7) is 1.56. The van der Waals surface area contributed by atoms with E-state index in [1.54, 1.807) is 24.3 Å². The van der Waals surface area contributed by atoms with Crippen LogP contribution >= 0.6 is 11.6 Å². The Labute approximate surface area is 138 Å². The van der Waals surface area contributed by atoms with Crippen LogP contribution < -0.4 is 10.1 Å². The third kappa shape index (κ3) is 4.94. The number of benzene rings is 2. The van der Waals surface area contributed by atoms with Crippen molar-refractivity contribution in [2.45, 2.75) is 20.1 Å². The van der Waals surface area contributed by atoms with Crippen LogP contribution in [0.25, 0.3) is 0 Å². The molecule has 0 unspecified atom stereocenters. The number of hydrogen-bond acceptors (Lipinski definition) is 3. The molecule has 4 nitrogen and oxygen atoms in total. The van der Waals surface area contributed by atoms with Crippen molar-refractivity contribution < 1.29 is 19.0 Å². The first-order chi connectivity index (χ1) is 11.0. The number of rotatable bonds is 6. The van der Waals surface area contributed by atoms with Gasteiger partial charge in [0.15, 0.2) is 6.61 Å². The predicted octanol–water partition coefficient (Wildman–Crippen LogP) is 2.98. The molecule has 0 saturated heterocycles. The minimum absolute atomic E-state index is 0.128. The van der Waals surface area contributed by atoms with Gasteiger partial charge in [0.1, 0.15) is 11.6 Å². The summed E-state index contributed by atoms with van der Waals surface area (Å²) in [5, 5.41) is 12.3. The molecule has 2 aromatic carbocycles. The highest BCUT2D eigenvalue weighted by Gasteiger charge is 2.07. The van der Waals surface area contributed by atoms with Gasteiger partial charge in [0.25, 0.3) is 5.91 Å². The van der Waals surface area contributed by atoms with Gasteiger partial charge in [0.2, 0.25) is 0 Å². The summed E-state index contributed by atoms with van der Waals surface area (Å²) in [6.07, 6.45) is 0. The summed E-state index contributed by atoms with van der Waals surface area (Å²) < 4.78 is 18.7. The minimum Gasteiger partial charge on any atom is -0.484 e. The van der Waals surface area contributed by atoms with Gasteiger partial charge in [-0.05, 0) is 48.4 Å². The monoisotopic (exact) mass is 337 g/mol. The molecule has 0 fully saturated rings. The maximum absolute atomic E-state index is 13.3. The molecule has 0 aliphatic heterocycles. The molecule has 1 amide bonds. The van der Waals surface area contributed by atoms with Gasteiger partial charge in [-0.2, -0.15) is 0 Å². The maximum atomic E-state index is 13.3. The Morgan fingerprint density at radius 2 is 2.09 bits per heavy atom. The molecule has 6 heteroatoms. The molecule has 2 aromatic rings. The van der Waals surface area contributed by atoms with Crippen molar-refractivity contribution in [3.05, 3.63) is 63.9 Å². The lowest BCUT2D eigenvalue weighted by Gasteiger charge is -2.10. The van der Waals surface area contributed by atoms with E-state index >= 15 is 0 Å². The molecule has 23 heavy (non-hydrogen) atoms. The molecule has 0 saturated carbocycles. The Bertz CT molecular complexity index is 706. The van der Waals surface area contributed by atoms with Gasteiger partial charge >= 0.3 is 0 Å². The second-order valence-corrected chi connectivity index (χ2v) is 5.50. The van der Waals surface area contributed by atoms with E-state index < -0.39 is 5.82 Å².